The zero-order valence-electron chi connectivity index (χ0n) is 16.0. The Hall–Kier alpha value is -2.66. The normalized spacial score (nSPS) is 14.8. The van der Waals surface area contributed by atoms with Crippen molar-refractivity contribution in [2.45, 2.75) is 20.5 Å². The highest BCUT2D eigenvalue weighted by atomic mass is 16.6. The number of benzene rings is 2. The molecule has 1 aliphatic heterocycles. The van der Waals surface area contributed by atoms with E-state index in [4.69, 9.17) is 4.74 Å². The van der Waals surface area contributed by atoms with Gasteiger partial charge in [0.1, 0.15) is 6.61 Å². The van der Waals surface area contributed by atoms with E-state index in [0.717, 1.165) is 22.3 Å². The summed E-state index contributed by atoms with van der Waals surface area (Å²) in [5.41, 5.74) is 3.87. The molecule has 0 radical (unpaired) electrons. The van der Waals surface area contributed by atoms with E-state index in [9.17, 15) is 9.59 Å². The van der Waals surface area contributed by atoms with E-state index in [1.807, 2.05) is 62.4 Å². The first-order chi connectivity index (χ1) is 13.0. The van der Waals surface area contributed by atoms with Crippen LogP contribution in [0, 0.1) is 13.8 Å². The lowest BCUT2D eigenvalue weighted by Gasteiger charge is -2.33. The number of piperazine rings is 1. The molecule has 142 valence electrons. The molecule has 1 aliphatic rings. The lowest BCUT2D eigenvalue weighted by Crippen LogP contribution is -2.50. The van der Waals surface area contributed by atoms with E-state index in [1.165, 1.54) is 0 Å². The van der Waals surface area contributed by atoms with Crippen LogP contribution in [0.2, 0.25) is 0 Å². The molecule has 1 saturated heterocycles. The Balaban J connectivity index is 1.46. The highest BCUT2D eigenvalue weighted by Gasteiger charge is 2.24. The fraction of sp³-hybridized carbons (Fsp3) is 0.364. The summed E-state index contributed by atoms with van der Waals surface area (Å²) in [5.74, 6) is 0.135. The molecule has 1 fully saturated rings. The summed E-state index contributed by atoms with van der Waals surface area (Å²) >= 11 is 0. The van der Waals surface area contributed by atoms with E-state index >= 15 is 0 Å². The number of ether oxygens (including phenoxy) is 1. The van der Waals surface area contributed by atoms with Gasteiger partial charge in [0.2, 0.25) is 0 Å². The van der Waals surface area contributed by atoms with Crippen molar-refractivity contribution in [3.63, 3.8) is 0 Å². The minimum Gasteiger partial charge on any atom is -0.445 e. The third-order valence-electron chi connectivity index (χ3n) is 4.90. The summed E-state index contributed by atoms with van der Waals surface area (Å²) in [4.78, 5) is 28.6. The van der Waals surface area contributed by atoms with Gasteiger partial charge < -0.3 is 9.64 Å². The maximum absolute atomic E-state index is 12.6. The van der Waals surface area contributed by atoms with Crippen LogP contribution in [0.4, 0.5) is 4.79 Å². The van der Waals surface area contributed by atoms with Crippen LogP contribution >= 0.6 is 0 Å². The first-order valence-electron chi connectivity index (χ1n) is 9.31. The van der Waals surface area contributed by atoms with Crippen LogP contribution in [0.5, 0.6) is 0 Å². The van der Waals surface area contributed by atoms with Gasteiger partial charge in [0.25, 0.3) is 0 Å². The SMILES string of the molecule is Cc1ccc(C)c(C(=O)CN2CCN(C(=O)OCc3ccccc3)CC2)c1. The quantitative estimate of drug-likeness (QED) is 0.761. The molecule has 1 amide bonds. The van der Waals surface area contributed by atoms with Gasteiger partial charge in [-0.3, -0.25) is 9.69 Å². The van der Waals surface area contributed by atoms with E-state index in [-0.39, 0.29) is 18.5 Å². The Bertz CT molecular complexity index is 796. The monoisotopic (exact) mass is 366 g/mol. The number of ketones is 1. The minimum absolute atomic E-state index is 0.135. The van der Waals surface area contributed by atoms with Gasteiger partial charge in [-0.15, -0.1) is 0 Å². The minimum atomic E-state index is -0.292. The van der Waals surface area contributed by atoms with E-state index in [1.54, 1.807) is 4.90 Å². The zero-order chi connectivity index (χ0) is 19.2. The molecule has 5 nitrogen and oxygen atoms in total. The topological polar surface area (TPSA) is 49.9 Å². The number of nitrogens with zero attached hydrogens (tertiary/aromatic N) is 2. The molecular weight excluding hydrogens is 340 g/mol. The second kappa shape index (κ2) is 8.82. The molecule has 1 heterocycles. The molecule has 5 heteroatoms. The summed E-state index contributed by atoms with van der Waals surface area (Å²) in [6.45, 7) is 7.14. The highest BCUT2D eigenvalue weighted by molar-refractivity contribution is 5.99. The summed E-state index contributed by atoms with van der Waals surface area (Å²) in [6, 6.07) is 15.6. The molecule has 0 aromatic heterocycles. The maximum Gasteiger partial charge on any atom is 0.410 e. The summed E-state index contributed by atoms with van der Waals surface area (Å²) in [5, 5.41) is 0. The molecule has 2 aromatic carbocycles. The molecule has 0 saturated carbocycles. The molecule has 0 spiro atoms. The van der Waals surface area contributed by atoms with Crippen LogP contribution < -0.4 is 0 Å². The Labute approximate surface area is 160 Å². The number of amides is 1. The van der Waals surface area contributed by atoms with Crippen molar-refractivity contribution in [2.24, 2.45) is 0 Å². The van der Waals surface area contributed by atoms with Crippen molar-refractivity contribution in [2.75, 3.05) is 32.7 Å². The second-order valence-corrected chi connectivity index (χ2v) is 7.04. The number of aryl methyl sites for hydroxylation is 2. The average Bonchev–Trinajstić information content (AvgIpc) is 2.69. The molecule has 3 rings (SSSR count). The Kier molecular flexibility index (Phi) is 6.24. The van der Waals surface area contributed by atoms with Crippen molar-refractivity contribution < 1.29 is 14.3 Å². The van der Waals surface area contributed by atoms with Crippen LogP contribution in [0.3, 0.4) is 0 Å². The summed E-state index contributed by atoms with van der Waals surface area (Å²) < 4.78 is 5.38. The molecular formula is C22H26N2O3. The summed E-state index contributed by atoms with van der Waals surface area (Å²) in [7, 11) is 0. The van der Waals surface area contributed by atoms with E-state index in [0.29, 0.717) is 32.7 Å². The van der Waals surface area contributed by atoms with Crippen LogP contribution in [-0.4, -0.2) is 54.4 Å². The largest absolute Gasteiger partial charge is 0.445 e. The van der Waals surface area contributed by atoms with Crippen LogP contribution in [0.15, 0.2) is 48.5 Å². The Morgan fingerprint density at radius 1 is 0.963 bits per heavy atom. The van der Waals surface area contributed by atoms with Gasteiger partial charge in [-0.25, -0.2) is 4.79 Å². The predicted molar refractivity (Wildman–Crippen MR) is 105 cm³/mol. The molecule has 0 bridgehead atoms. The smallest absolute Gasteiger partial charge is 0.410 e. The van der Waals surface area contributed by atoms with Gasteiger partial charge in [-0.1, -0.05) is 48.0 Å². The van der Waals surface area contributed by atoms with Crippen LogP contribution in [0.1, 0.15) is 27.0 Å². The lowest BCUT2D eigenvalue weighted by molar-refractivity contribution is 0.0678. The molecule has 27 heavy (non-hydrogen) atoms. The summed E-state index contributed by atoms with van der Waals surface area (Å²) in [6.07, 6.45) is -0.292. The molecule has 0 atom stereocenters. The van der Waals surface area contributed by atoms with Crippen molar-refractivity contribution in [3.05, 3.63) is 70.8 Å². The fourth-order valence-corrected chi connectivity index (χ4v) is 3.22. The number of carbonyl (C=O) groups is 2. The second-order valence-electron chi connectivity index (χ2n) is 7.04. The number of carbonyl (C=O) groups excluding carboxylic acids is 2. The van der Waals surface area contributed by atoms with Crippen molar-refractivity contribution in [3.8, 4) is 0 Å². The van der Waals surface area contributed by atoms with Gasteiger partial charge in [0, 0.05) is 31.7 Å². The van der Waals surface area contributed by atoms with Gasteiger partial charge in [0.05, 0.1) is 6.54 Å². The molecule has 0 N–H and O–H groups in total. The van der Waals surface area contributed by atoms with Gasteiger partial charge in [-0.05, 0) is 31.0 Å². The van der Waals surface area contributed by atoms with E-state index in [2.05, 4.69) is 4.90 Å². The number of hydrogen-bond acceptors (Lipinski definition) is 4. The third-order valence-corrected chi connectivity index (χ3v) is 4.90. The fourth-order valence-electron chi connectivity index (χ4n) is 3.22. The van der Waals surface area contributed by atoms with Gasteiger partial charge in [0.15, 0.2) is 5.78 Å². The molecule has 0 aliphatic carbocycles. The average molecular weight is 366 g/mol. The van der Waals surface area contributed by atoms with Crippen molar-refractivity contribution >= 4 is 11.9 Å². The third kappa shape index (κ3) is 5.17. The maximum atomic E-state index is 12.6. The van der Waals surface area contributed by atoms with Gasteiger partial charge in [-0.2, -0.15) is 0 Å². The number of hydrogen-bond donors (Lipinski definition) is 0. The van der Waals surface area contributed by atoms with Crippen molar-refractivity contribution in [1.29, 1.82) is 0 Å². The standard InChI is InChI=1S/C22H26N2O3/c1-17-8-9-18(2)20(14-17)21(25)15-23-10-12-24(13-11-23)22(26)27-16-19-6-4-3-5-7-19/h3-9,14H,10-13,15-16H2,1-2H3. The molecule has 0 unspecified atom stereocenters. The predicted octanol–water partition coefficient (Wildman–Crippen LogP) is 3.44. The van der Waals surface area contributed by atoms with Crippen LogP contribution in [-0.2, 0) is 11.3 Å². The van der Waals surface area contributed by atoms with Crippen molar-refractivity contribution in [1.82, 2.24) is 9.80 Å². The lowest BCUT2D eigenvalue weighted by atomic mass is 10.0. The van der Waals surface area contributed by atoms with Gasteiger partial charge >= 0.3 is 6.09 Å². The first kappa shape index (κ1) is 19.1. The Morgan fingerprint density at radius 3 is 2.37 bits per heavy atom. The zero-order valence-corrected chi connectivity index (χ0v) is 16.0. The molecule has 2 aromatic rings. The Morgan fingerprint density at radius 2 is 1.67 bits per heavy atom. The number of Topliss-reactive ketones (excluding diaryl/α,β-unsaturated/α-hetero) is 1. The first-order valence-corrected chi connectivity index (χ1v) is 9.31. The highest BCUT2D eigenvalue weighted by Crippen LogP contribution is 2.13. The number of rotatable bonds is 5. The van der Waals surface area contributed by atoms with E-state index < -0.39 is 0 Å². The van der Waals surface area contributed by atoms with Crippen LogP contribution in [0.25, 0.3) is 0 Å².